The van der Waals surface area contributed by atoms with Crippen LogP contribution in [0.2, 0.25) is 0 Å². The van der Waals surface area contributed by atoms with Crippen LogP contribution in [0.25, 0.3) is 10.9 Å². The first kappa shape index (κ1) is 16.1. The van der Waals surface area contributed by atoms with E-state index < -0.39 is 0 Å². The lowest BCUT2D eigenvalue weighted by atomic mass is 9.99. The highest BCUT2D eigenvalue weighted by Gasteiger charge is 2.14. The molecule has 0 spiro atoms. The monoisotopic (exact) mass is 341 g/mol. The molecule has 0 aliphatic carbocycles. The molecule has 0 fully saturated rings. The molecule has 0 aliphatic heterocycles. The van der Waals surface area contributed by atoms with E-state index in [1.165, 1.54) is 5.56 Å². The van der Waals surface area contributed by atoms with E-state index in [-0.39, 0.29) is 11.6 Å². The van der Waals surface area contributed by atoms with E-state index in [4.69, 9.17) is 0 Å². The third kappa shape index (κ3) is 3.49. The average Bonchev–Trinajstić information content (AvgIpc) is 2.69. The van der Waals surface area contributed by atoms with Crippen molar-refractivity contribution < 1.29 is 0 Å². The van der Waals surface area contributed by atoms with Gasteiger partial charge in [-0.3, -0.25) is 9.78 Å². The van der Waals surface area contributed by atoms with E-state index in [0.29, 0.717) is 16.9 Å². The van der Waals surface area contributed by atoms with E-state index in [0.717, 1.165) is 12.0 Å². The second-order valence-electron chi connectivity index (χ2n) is 6.23. The molecule has 1 unspecified atom stereocenters. The maximum atomic E-state index is 12.3. The van der Waals surface area contributed by atoms with Crippen molar-refractivity contribution in [3.63, 3.8) is 0 Å². The number of anilines is 1. The Labute approximate surface area is 151 Å². The van der Waals surface area contributed by atoms with Crippen molar-refractivity contribution in [1.29, 1.82) is 0 Å². The molecule has 0 radical (unpaired) electrons. The number of rotatable bonds is 5. The summed E-state index contributed by atoms with van der Waals surface area (Å²) in [5, 5.41) is 4.00. The minimum Gasteiger partial charge on any atom is -0.349 e. The number of para-hydroxylation sites is 1. The lowest BCUT2D eigenvalue weighted by Gasteiger charge is -2.20. The molecule has 0 aliphatic rings. The number of aromatic nitrogens is 2. The van der Waals surface area contributed by atoms with Crippen LogP contribution >= 0.6 is 0 Å². The minimum atomic E-state index is -0.135. The van der Waals surface area contributed by atoms with Crippen molar-refractivity contribution in [2.75, 3.05) is 5.32 Å². The fourth-order valence-electron chi connectivity index (χ4n) is 3.11. The van der Waals surface area contributed by atoms with Crippen LogP contribution in [0.1, 0.15) is 17.2 Å². The summed E-state index contributed by atoms with van der Waals surface area (Å²) in [6.07, 6.45) is 0.793. The second kappa shape index (κ2) is 7.23. The molecule has 4 nitrogen and oxygen atoms in total. The molecule has 128 valence electrons. The molecular weight excluding hydrogens is 322 g/mol. The third-order valence-electron chi connectivity index (χ3n) is 4.41. The zero-order chi connectivity index (χ0) is 17.8. The third-order valence-corrected chi connectivity index (χ3v) is 4.41. The molecule has 0 amide bonds. The molecule has 1 aromatic heterocycles. The highest BCUT2D eigenvalue weighted by molar-refractivity contribution is 5.78. The standard InChI is InChI=1S/C22H19N3O/c26-21-18-13-7-8-14-19(18)23-22(25-21)24-20(17-11-5-2-6-12-17)15-16-9-3-1-4-10-16/h1-14,20H,15H2,(H2,23,24,25,26). The number of fused-ring (bicyclic) bond motifs is 1. The Kier molecular flexibility index (Phi) is 4.48. The van der Waals surface area contributed by atoms with E-state index >= 15 is 0 Å². The largest absolute Gasteiger partial charge is 0.349 e. The summed E-state index contributed by atoms with van der Waals surface area (Å²) in [4.78, 5) is 19.8. The van der Waals surface area contributed by atoms with Crippen molar-refractivity contribution in [2.45, 2.75) is 12.5 Å². The maximum absolute atomic E-state index is 12.3. The zero-order valence-electron chi connectivity index (χ0n) is 14.2. The van der Waals surface area contributed by atoms with Crippen molar-refractivity contribution in [3.8, 4) is 0 Å². The molecular formula is C22H19N3O. The fraction of sp³-hybridized carbons (Fsp3) is 0.0909. The first-order valence-electron chi connectivity index (χ1n) is 8.64. The molecule has 26 heavy (non-hydrogen) atoms. The van der Waals surface area contributed by atoms with Crippen LogP contribution in [0.4, 0.5) is 5.95 Å². The zero-order valence-corrected chi connectivity index (χ0v) is 14.2. The van der Waals surface area contributed by atoms with Gasteiger partial charge in [-0.15, -0.1) is 0 Å². The van der Waals surface area contributed by atoms with Crippen LogP contribution in [-0.2, 0) is 6.42 Å². The van der Waals surface area contributed by atoms with Gasteiger partial charge in [0.05, 0.1) is 16.9 Å². The van der Waals surface area contributed by atoms with Gasteiger partial charge in [0.2, 0.25) is 5.95 Å². The Morgan fingerprint density at radius 1 is 0.846 bits per heavy atom. The van der Waals surface area contributed by atoms with E-state index in [1.807, 2.05) is 54.6 Å². The normalized spacial score (nSPS) is 12.0. The molecule has 4 aromatic rings. The first-order valence-corrected chi connectivity index (χ1v) is 8.64. The van der Waals surface area contributed by atoms with Crippen molar-refractivity contribution >= 4 is 16.9 Å². The van der Waals surface area contributed by atoms with Crippen molar-refractivity contribution in [1.82, 2.24) is 9.97 Å². The highest BCUT2D eigenvalue weighted by Crippen LogP contribution is 2.22. The lowest BCUT2D eigenvalue weighted by Crippen LogP contribution is -2.19. The van der Waals surface area contributed by atoms with Crippen molar-refractivity contribution in [2.24, 2.45) is 0 Å². The van der Waals surface area contributed by atoms with Crippen LogP contribution in [-0.4, -0.2) is 9.97 Å². The van der Waals surface area contributed by atoms with Gasteiger partial charge in [-0.25, -0.2) is 4.98 Å². The molecule has 4 rings (SSSR count). The Bertz CT molecular complexity index is 1060. The van der Waals surface area contributed by atoms with Crippen LogP contribution in [0, 0.1) is 0 Å². The number of hydrogen-bond donors (Lipinski definition) is 2. The smallest absolute Gasteiger partial charge is 0.260 e. The van der Waals surface area contributed by atoms with Crippen LogP contribution in [0.3, 0.4) is 0 Å². The average molecular weight is 341 g/mol. The Balaban J connectivity index is 1.69. The summed E-state index contributed by atoms with van der Waals surface area (Å²) in [6.45, 7) is 0. The van der Waals surface area contributed by atoms with Gasteiger partial charge in [0.1, 0.15) is 0 Å². The van der Waals surface area contributed by atoms with Gasteiger partial charge >= 0.3 is 0 Å². The SMILES string of the molecule is O=c1[nH]c(NC(Cc2ccccc2)c2ccccc2)nc2ccccc12. The van der Waals surface area contributed by atoms with Gasteiger partial charge in [-0.05, 0) is 29.7 Å². The quantitative estimate of drug-likeness (QED) is 0.568. The summed E-state index contributed by atoms with van der Waals surface area (Å²) in [6, 6.07) is 27.9. The lowest BCUT2D eigenvalue weighted by molar-refractivity contribution is 0.763. The number of benzene rings is 3. The van der Waals surface area contributed by atoms with Gasteiger partial charge in [0.15, 0.2) is 0 Å². The Morgan fingerprint density at radius 3 is 2.27 bits per heavy atom. The van der Waals surface area contributed by atoms with Gasteiger partial charge in [0.25, 0.3) is 5.56 Å². The molecule has 4 heteroatoms. The predicted octanol–water partition coefficient (Wildman–Crippen LogP) is 4.32. The number of H-pyrrole nitrogens is 1. The molecule has 2 N–H and O–H groups in total. The maximum Gasteiger partial charge on any atom is 0.260 e. The highest BCUT2D eigenvalue weighted by atomic mass is 16.1. The van der Waals surface area contributed by atoms with Gasteiger partial charge in [0, 0.05) is 0 Å². The minimum absolute atomic E-state index is 0.00270. The molecule has 1 atom stereocenters. The number of nitrogens with zero attached hydrogens (tertiary/aromatic N) is 1. The summed E-state index contributed by atoms with van der Waals surface area (Å²) >= 11 is 0. The second-order valence-corrected chi connectivity index (χ2v) is 6.23. The van der Waals surface area contributed by atoms with E-state index in [2.05, 4.69) is 39.6 Å². The van der Waals surface area contributed by atoms with Crippen molar-refractivity contribution in [3.05, 3.63) is 106 Å². The number of hydrogen-bond acceptors (Lipinski definition) is 3. The molecule has 0 bridgehead atoms. The molecule has 0 saturated carbocycles. The van der Waals surface area contributed by atoms with Gasteiger partial charge in [-0.1, -0.05) is 72.8 Å². The predicted molar refractivity (Wildman–Crippen MR) is 105 cm³/mol. The van der Waals surface area contributed by atoms with Crippen LogP contribution in [0.5, 0.6) is 0 Å². The van der Waals surface area contributed by atoms with E-state index in [1.54, 1.807) is 6.07 Å². The molecule has 0 saturated heterocycles. The Morgan fingerprint density at radius 2 is 1.50 bits per heavy atom. The fourth-order valence-corrected chi connectivity index (χ4v) is 3.11. The summed E-state index contributed by atoms with van der Waals surface area (Å²) < 4.78 is 0. The molecule has 1 heterocycles. The summed E-state index contributed by atoms with van der Waals surface area (Å²) in [7, 11) is 0. The van der Waals surface area contributed by atoms with Crippen LogP contribution < -0.4 is 10.9 Å². The summed E-state index contributed by atoms with van der Waals surface area (Å²) in [5.74, 6) is 0.485. The van der Waals surface area contributed by atoms with Gasteiger partial charge in [-0.2, -0.15) is 0 Å². The Hall–Kier alpha value is -3.40. The van der Waals surface area contributed by atoms with Gasteiger partial charge < -0.3 is 5.32 Å². The number of nitrogens with one attached hydrogen (secondary N) is 2. The topological polar surface area (TPSA) is 57.8 Å². The van der Waals surface area contributed by atoms with Crippen LogP contribution in [0.15, 0.2) is 89.7 Å². The first-order chi connectivity index (χ1) is 12.8. The van der Waals surface area contributed by atoms with E-state index in [9.17, 15) is 4.79 Å². The number of aromatic amines is 1. The molecule has 3 aromatic carbocycles. The summed E-state index contributed by atoms with van der Waals surface area (Å²) in [5.41, 5.74) is 2.92.